The van der Waals surface area contributed by atoms with Gasteiger partial charge in [0.15, 0.2) is 6.10 Å². The van der Waals surface area contributed by atoms with E-state index in [9.17, 15) is 5.11 Å². The molecule has 0 bridgehead atoms. The Hall–Kier alpha value is -2.02. The highest BCUT2D eigenvalue weighted by molar-refractivity contribution is 5.12. The SMILES string of the molecule is CCCCCCCCCCCCCCCc1cc(OCC(CO)Oc2cc(C)on2)no1. The maximum atomic E-state index is 9.46. The van der Waals surface area contributed by atoms with Crippen LogP contribution in [0.15, 0.2) is 21.2 Å². The van der Waals surface area contributed by atoms with Gasteiger partial charge in [-0.2, -0.15) is 0 Å². The van der Waals surface area contributed by atoms with Gasteiger partial charge < -0.3 is 23.6 Å². The summed E-state index contributed by atoms with van der Waals surface area (Å²) in [5.74, 6) is 2.21. The molecule has 7 heteroatoms. The minimum atomic E-state index is -0.555. The van der Waals surface area contributed by atoms with Crippen LogP contribution >= 0.6 is 0 Å². The van der Waals surface area contributed by atoms with Gasteiger partial charge >= 0.3 is 0 Å². The van der Waals surface area contributed by atoms with Crippen molar-refractivity contribution in [2.24, 2.45) is 0 Å². The molecule has 0 aliphatic heterocycles. The zero-order valence-corrected chi connectivity index (χ0v) is 20.0. The standard InChI is InChI=1S/C25H42N2O5/c1-3-4-5-6-7-8-9-10-11-12-13-14-15-16-22-18-24(26-32-22)29-20-23(19-28)30-25-17-21(2)31-27-25/h17-18,23,28H,3-16,19-20H2,1-2H3. The van der Waals surface area contributed by atoms with Gasteiger partial charge in [0.2, 0.25) is 0 Å². The Bertz CT molecular complexity index is 700. The van der Waals surface area contributed by atoms with Gasteiger partial charge in [0.25, 0.3) is 11.8 Å². The van der Waals surface area contributed by atoms with E-state index in [2.05, 4.69) is 17.2 Å². The van der Waals surface area contributed by atoms with Crippen LogP contribution in [-0.4, -0.2) is 34.7 Å². The van der Waals surface area contributed by atoms with Gasteiger partial charge in [0, 0.05) is 18.6 Å². The number of unbranched alkanes of at least 4 members (excludes halogenated alkanes) is 12. The molecule has 2 heterocycles. The maximum absolute atomic E-state index is 9.46. The molecule has 32 heavy (non-hydrogen) atoms. The summed E-state index contributed by atoms with van der Waals surface area (Å²) in [5.41, 5.74) is 0. The monoisotopic (exact) mass is 450 g/mol. The normalized spacial score (nSPS) is 12.2. The van der Waals surface area contributed by atoms with E-state index in [0.29, 0.717) is 17.5 Å². The third-order valence-corrected chi connectivity index (χ3v) is 5.58. The molecule has 2 aromatic heterocycles. The fourth-order valence-corrected chi connectivity index (χ4v) is 3.67. The molecule has 0 saturated heterocycles. The molecule has 2 aromatic rings. The number of aromatic nitrogens is 2. The van der Waals surface area contributed by atoms with Crippen molar-refractivity contribution >= 4 is 0 Å². The summed E-state index contributed by atoms with van der Waals surface area (Å²) in [4.78, 5) is 0. The lowest BCUT2D eigenvalue weighted by Crippen LogP contribution is -2.28. The third kappa shape index (κ3) is 11.6. The summed E-state index contributed by atoms with van der Waals surface area (Å²) < 4.78 is 21.4. The van der Waals surface area contributed by atoms with Crippen molar-refractivity contribution < 1.29 is 23.6 Å². The van der Waals surface area contributed by atoms with Gasteiger partial charge in [0.1, 0.15) is 18.1 Å². The lowest BCUT2D eigenvalue weighted by molar-refractivity contribution is 0.0627. The number of ether oxygens (including phenoxy) is 2. The Morgan fingerprint density at radius 2 is 1.41 bits per heavy atom. The van der Waals surface area contributed by atoms with Crippen LogP contribution in [0.4, 0.5) is 0 Å². The van der Waals surface area contributed by atoms with Crippen LogP contribution in [0.1, 0.15) is 102 Å². The van der Waals surface area contributed by atoms with Crippen molar-refractivity contribution in [2.75, 3.05) is 13.2 Å². The van der Waals surface area contributed by atoms with Gasteiger partial charge in [-0.15, -0.1) is 0 Å². The van der Waals surface area contributed by atoms with Crippen molar-refractivity contribution in [3.63, 3.8) is 0 Å². The Morgan fingerprint density at radius 1 is 0.812 bits per heavy atom. The molecule has 0 aromatic carbocycles. The van der Waals surface area contributed by atoms with E-state index in [1.807, 2.05) is 6.07 Å². The first-order valence-corrected chi connectivity index (χ1v) is 12.5. The van der Waals surface area contributed by atoms with E-state index in [4.69, 9.17) is 18.5 Å². The minimum absolute atomic E-state index is 0.146. The lowest BCUT2D eigenvalue weighted by atomic mass is 10.0. The van der Waals surface area contributed by atoms with Gasteiger partial charge in [-0.1, -0.05) is 84.0 Å². The Labute approximate surface area is 192 Å². The number of aliphatic hydroxyl groups is 1. The smallest absolute Gasteiger partial charge is 0.254 e. The van der Waals surface area contributed by atoms with Crippen molar-refractivity contribution in [1.29, 1.82) is 0 Å². The highest BCUT2D eigenvalue weighted by Crippen LogP contribution is 2.17. The first-order valence-electron chi connectivity index (χ1n) is 12.5. The van der Waals surface area contributed by atoms with Crippen LogP contribution in [0, 0.1) is 6.92 Å². The highest BCUT2D eigenvalue weighted by Gasteiger charge is 2.14. The topological polar surface area (TPSA) is 90.8 Å². The molecule has 0 saturated carbocycles. The van der Waals surface area contributed by atoms with Crippen molar-refractivity contribution in [3.8, 4) is 11.8 Å². The van der Waals surface area contributed by atoms with Gasteiger partial charge in [-0.25, -0.2) is 0 Å². The Kier molecular flexibility index (Phi) is 13.6. The second kappa shape index (κ2) is 16.6. The maximum Gasteiger partial charge on any atom is 0.254 e. The summed E-state index contributed by atoms with van der Waals surface area (Å²) in [6, 6.07) is 3.47. The Morgan fingerprint density at radius 3 is 1.97 bits per heavy atom. The molecule has 182 valence electrons. The number of nitrogens with zero attached hydrogens (tertiary/aromatic N) is 2. The first kappa shape index (κ1) is 26.2. The van der Waals surface area contributed by atoms with E-state index in [0.717, 1.165) is 18.6 Å². The summed E-state index contributed by atoms with van der Waals surface area (Å²) in [7, 11) is 0. The Balaban J connectivity index is 1.46. The quantitative estimate of drug-likeness (QED) is 0.233. The zero-order chi connectivity index (χ0) is 22.9. The van der Waals surface area contributed by atoms with Crippen LogP contribution in [0.2, 0.25) is 0 Å². The molecule has 0 aliphatic rings. The highest BCUT2D eigenvalue weighted by atomic mass is 16.6. The third-order valence-electron chi connectivity index (χ3n) is 5.58. The summed E-state index contributed by atoms with van der Waals surface area (Å²) in [5, 5.41) is 17.2. The van der Waals surface area contributed by atoms with E-state index >= 15 is 0 Å². The summed E-state index contributed by atoms with van der Waals surface area (Å²) in [6.45, 7) is 3.99. The zero-order valence-electron chi connectivity index (χ0n) is 20.0. The van der Waals surface area contributed by atoms with Gasteiger partial charge in [0.05, 0.1) is 6.61 Å². The molecule has 7 nitrogen and oxygen atoms in total. The molecule has 1 N–H and O–H groups in total. The van der Waals surface area contributed by atoms with Crippen LogP contribution in [0.25, 0.3) is 0 Å². The number of aryl methyl sites for hydroxylation is 2. The summed E-state index contributed by atoms with van der Waals surface area (Å²) in [6.07, 6.45) is 17.7. The fraction of sp³-hybridized carbons (Fsp3) is 0.760. The second-order valence-electron chi connectivity index (χ2n) is 8.63. The molecule has 1 unspecified atom stereocenters. The van der Waals surface area contributed by atoms with Crippen LogP contribution < -0.4 is 9.47 Å². The van der Waals surface area contributed by atoms with Crippen LogP contribution in [0.5, 0.6) is 11.8 Å². The van der Waals surface area contributed by atoms with Crippen LogP contribution in [0.3, 0.4) is 0 Å². The average molecular weight is 451 g/mol. The van der Waals surface area contributed by atoms with E-state index in [1.54, 1.807) is 13.0 Å². The predicted molar refractivity (Wildman–Crippen MR) is 124 cm³/mol. The number of hydrogen-bond donors (Lipinski definition) is 1. The molecule has 0 radical (unpaired) electrons. The van der Waals surface area contributed by atoms with E-state index in [-0.39, 0.29) is 13.2 Å². The molecule has 0 fully saturated rings. The molecule has 0 amide bonds. The average Bonchev–Trinajstić information content (AvgIpc) is 3.42. The fourth-order valence-electron chi connectivity index (χ4n) is 3.67. The number of hydrogen-bond acceptors (Lipinski definition) is 7. The van der Waals surface area contributed by atoms with E-state index in [1.165, 1.54) is 77.0 Å². The van der Waals surface area contributed by atoms with Crippen molar-refractivity contribution in [2.45, 2.75) is 110 Å². The predicted octanol–water partition coefficient (Wildman–Crippen LogP) is 6.42. The van der Waals surface area contributed by atoms with E-state index < -0.39 is 6.10 Å². The van der Waals surface area contributed by atoms with Crippen LogP contribution in [-0.2, 0) is 6.42 Å². The number of aliphatic hydroxyl groups excluding tert-OH is 1. The lowest BCUT2D eigenvalue weighted by Gasteiger charge is -2.13. The minimum Gasteiger partial charge on any atom is -0.471 e. The molecule has 1 atom stereocenters. The second-order valence-corrected chi connectivity index (χ2v) is 8.63. The summed E-state index contributed by atoms with van der Waals surface area (Å²) >= 11 is 0. The molecule has 2 rings (SSSR count). The van der Waals surface area contributed by atoms with Gasteiger partial charge in [-0.05, 0) is 23.7 Å². The molecule has 0 aliphatic carbocycles. The first-order chi connectivity index (χ1) is 15.7. The van der Waals surface area contributed by atoms with Crippen molar-refractivity contribution in [3.05, 3.63) is 23.7 Å². The largest absolute Gasteiger partial charge is 0.471 e. The molecular formula is C25H42N2O5. The molecular weight excluding hydrogens is 408 g/mol. The molecule has 0 spiro atoms. The van der Waals surface area contributed by atoms with Crippen molar-refractivity contribution in [1.82, 2.24) is 10.3 Å². The number of rotatable bonds is 20. The van der Waals surface area contributed by atoms with Gasteiger partial charge in [-0.3, -0.25) is 0 Å².